The number of aliphatic hydroxyl groups excluding tert-OH is 6. The molecule has 12 N–H and O–H groups in total. The number of hydrogen-bond donors (Lipinski definition) is 9. The Morgan fingerprint density at radius 2 is 0.882 bits per heavy atom. The Labute approximate surface area is 310 Å². The van der Waals surface area contributed by atoms with Gasteiger partial charge in [0, 0.05) is 19.2 Å². The van der Waals surface area contributed by atoms with E-state index in [-0.39, 0.29) is 36.6 Å². The van der Waals surface area contributed by atoms with Crippen molar-refractivity contribution >= 4 is 25.9 Å². The van der Waals surface area contributed by atoms with Crippen LogP contribution in [0.25, 0.3) is 0 Å². The van der Waals surface area contributed by atoms with Gasteiger partial charge >= 0.3 is 17.6 Å². The average molecular weight is 794 g/mol. The molecule has 0 aromatic heterocycles. The molecule has 14 unspecified atom stereocenters. The van der Waals surface area contributed by atoms with Crippen molar-refractivity contribution in [3.05, 3.63) is 0 Å². The number of aliphatic hydroxyl groups is 6. The van der Waals surface area contributed by atoms with E-state index < -0.39 is 62.6 Å². The number of rotatable bonds is 16. The highest BCUT2D eigenvalue weighted by Crippen LogP contribution is 2.48. The van der Waals surface area contributed by atoms with Crippen LogP contribution in [0.2, 0.25) is 31.2 Å². The summed E-state index contributed by atoms with van der Waals surface area (Å²) in [6.45, 7) is 21.0. The molecule has 0 aromatic rings. The van der Waals surface area contributed by atoms with Crippen molar-refractivity contribution in [2.24, 2.45) is 17.2 Å². The third kappa shape index (κ3) is 14.9. The lowest BCUT2D eigenvalue weighted by molar-refractivity contribution is -0.148. The molecule has 0 aromatic carbocycles. The Bertz CT molecular complexity index is 862. The fourth-order valence-electron chi connectivity index (χ4n) is 5.79. The maximum Gasteiger partial charge on any atom is 0.502 e. The fraction of sp³-hybridized carbons (Fsp3) is 1.00. The topological polar surface area (TPSA) is 264 Å². The van der Waals surface area contributed by atoms with Crippen molar-refractivity contribution < 1.29 is 61.6 Å². The van der Waals surface area contributed by atoms with Crippen LogP contribution in [0.1, 0.15) is 74.7 Å². The predicted octanol–water partition coefficient (Wildman–Crippen LogP) is 0.398. The first-order chi connectivity index (χ1) is 23.9. The number of nitrogens with two attached hydrogens (primary N) is 3. The summed E-state index contributed by atoms with van der Waals surface area (Å²) >= 11 is 0. The summed E-state index contributed by atoms with van der Waals surface area (Å²) in [5, 5.41) is 54.6. The largest absolute Gasteiger partial charge is 0.502 e. The molecule has 4 bridgehead atoms. The average Bonchev–Trinajstić information content (AvgIpc) is 3.86. The summed E-state index contributed by atoms with van der Waals surface area (Å²) in [6.07, 6.45) is -6.64. The maximum absolute atomic E-state index is 9.24. The smallest absolute Gasteiger partial charge is 0.420 e. The highest BCUT2D eigenvalue weighted by atomic mass is 28.4. The van der Waals surface area contributed by atoms with Crippen LogP contribution in [-0.4, -0.2) is 157 Å². The molecule has 4 heterocycles. The van der Waals surface area contributed by atoms with Crippen molar-refractivity contribution in [1.29, 1.82) is 0 Å². The lowest BCUT2D eigenvalue weighted by Crippen LogP contribution is -2.56. The van der Waals surface area contributed by atoms with Crippen molar-refractivity contribution in [3.63, 3.8) is 0 Å². The van der Waals surface area contributed by atoms with Crippen molar-refractivity contribution in [3.8, 4) is 0 Å². The van der Waals surface area contributed by atoms with Gasteiger partial charge in [0.2, 0.25) is 0 Å². The summed E-state index contributed by atoms with van der Waals surface area (Å²) in [5.74, 6) is 0. The van der Waals surface area contributed by atoms with Crippen molar-refractivity contribution in [1.82, 2.24) is 0 Å². The summed E-state index contributed by atoms with van der Waals surface area (Å²) < 4.78 is 42.5. The second kappa shape index (κ2) is 24.5. The highest BCUT2D eigenvalue weighted by Gasteiger charge is 2.70. The van der Waals surface area contributed by atoms with Gasteiger partial charge < -0.3 is 78.8 Å². The van der Waals surface area contributed by atoms with Crippen LogP contribution in [0.5, 0.6) is 0 Å². The third-order valence-corrected chi connectivity index (χ3v) is 17.4. The van der Waals surface area contributed by atoms with Crippen LogP contribution in [0.15, 0.2) is 0 Å². The van der Waals surface area contributed by atoms with Gasteiger partial charge in [-0.25, -0.2) is 0 Å². The van der Waals surface area contributed by atoms with Gasteiger partial charge in [0.05, 0.1) is 24.4 Å². The first-order valence-electron chi connectivity index (χ1n) is 18.7. The quantitative estimate of drug-likeness (QED) is 0.0958. The van der Waals surface area contributed by atoms with E-state index >= 15 is 0 Å². The predicted molar refractivity (Wildman–Crippen MR) is 202 cm³/mol. The molecule has 4 rings (SSSR count). The molecule has 0 spiro atoms. The Morgan fingerprint density at radius 3 is 1.16 bits per heavy atom. The van der Waals surface area contributed by atoms with Crippen LogP contribution in [-0.2, 0) is 31.0 Å². The molecule has 16 nitrogen and oxygen atoms in total. The number of hydrogen-bond acceptors (Lipinski definition) is 16. The van der Waals surface area contributed by atoms with Crippen molar-refractivity contribution in [2.45, 2.75) is 179 Å². The van der Waals surface area contributed by atoms with Crippen LogP contribution >= 0.6 is 0 Å². The minimum absolute atomic E-state index is 0.0220. The van der Waals surface area contributed by atoms with Crippen LogP contribution < -0.4 is 17.2 Å². The molecule has 308 valence electrons. The molecule has 14 atom stereocenters. The zero-order valence-electron chi connectivity index (χ0n) is 33.1. The van der Waals surface area contributed by atoms with E-state index in [9.17, 15) is 10.2 Å². The molecule has 0 aliphatic carbocycles. The molecular weight excluding hydrogens is 719 g/mol. The van der Waals surface area contributed by atoms with Gasteiger partial charge in [-0.15, -0.1) is 0 Å². The standard InChI is InChI=1S/C14H28N2O6Si2.C8H18O6.C6H17NOSi.2C2H6/c1-9-11-13(21-23(17-9,19-11)7-3-5-15)14-12-10(2)18-24(20-12,22-14)8-4-6-16;1-3(9)5(11)7(13)8(14)6(12)4(2)10;1-8-9(2,3)6-4-5-7;2*1-2/h9-14H,3-8,15-16H2,1-2H3;3-14H,1-2H3;4-7H2,1-3H3;2*1-2H3. The Balaban J connectivity index is 0.000000791. The summed E-state index contributed by atoms with van der Waals surface area (Å²) in [7, 11) is -4.70. The first kappa shape index (κ1) is 51.0. The van der Waals surface area contributed by atoms with E-state index in [1.807, 2.05) is 41.5 Å². The van der Waals surface area contributed by atoms with E-state index in [0.29, 0.717) is 13.1 Å². The van der Waals surface area contributed by atoms with E-state index in [2.05, 4.69) is 13.1 Å². The molecule has 0 radical (unpaired) electrons. The second-order valence-electron chi connectivity index (χ2n) is 13.4. The van der Waals surface area contributed by atoms with Gasteiger partial charge in [0.15, 0.2) is 8.32 Å². The first-order valence-corrected chi connectivity index (χ1v) is 25.7. The highest BCUT2D eigenvalue weighted by molar-refractivity contribution is 6.71. The van der Waals surface area contributed by atoms with E-state index in [1.165, 1.54) is 19.9 Å². The van der Waals surface area contributed by atoms with Crippen LogP contribution in [0.3, 0.4) is 0 Å². The molecule has 4 saturated heterocycles. The SMILES string of the molecule is CC.CC.CC(O)C(O)C(O)C(O)C(O)C(C)O.CC1O[Si]2(CCCN)OC1C(C1O[Si]3(CCCN)OC(C)C1O3)O2.CO[Si](C)(C)CCCN. The van der Waals surface area contributed by atoms with Gasteiger partial charge in [-0.1, -0.05) is 27.7 Å². The normalized spacial score (nSPS) is 33.9. The maximum atomic E-state index is 9.24. The van der Waals surface area contributed by atoms with E-state index in [1.54, 1.807) is 7.11 Å². The Morgan fingerprint density at radius 1 is 0.569 bits per heavy atom. The second-order valence-corrected chi connectivity index (χ2v) is 23.0. The van der Waals surface area contributed by atoms with Gasteiger partial charge in [-0.05, 0) is 85.7 Å². The van der Waals surface area contributed by atoms with Crippen LogP contribution in [0, 0.1) is 0 Å². The lowest BCUT2D eigenvalue weighted by atomic mass is 9.97. The molecular formula is C32H75N3O13Si3. The summed E-state index contributed by atoms with van der Waals surface area (Å²) in [4.78, 5) is 0. The Kier molecular flexibility index (Phi) is 24.5. The molecule has 4 fully saturated rings. The van der Waals surface area contributed by atoms with Gasteiger partial charge in [-0.2, -0.15) is 0 Å². The zero-order valence-corrected chi connectivity index (χ0v) is 36.1. The van der Waals surface area contributed by atoms with Gasteiger partial charge in [0.25, 0.3) is 0 Å². The Hall–Kier alpha value is 0.0106. The van der Waals surface area contributed by atoms with E-state index in [4.69, 9.17) is 68.6 Å². The molecule has 0 saturated carbocycles. The monoisotopic (exact) mass is 793 g/mol. The third-order valence-electron chi connectivity index (χ3n) is 8.84. The van der Waals surface area contributed by atoms with Gasteiger partial charge in [0.1, 0.15) is 48.8 Å². The minimum atomic E-state index is -2.61. The van der Waals surface area contributed by atoms with E-state index in [0.717, 1.165) is 37.9 Å². The molecule has 51 heavy (non-hydrogen) atoms. The fourth-order valence-corrected chi connectivity index (χ4v) is 13.6. The number of fused-ring (bicyclic) bond motifs is 4. The summed E-state index contributed by atoms with van der Waals surface area (Å²) in [5.41, 5.74) is 16.6. The van der Waals surface area contributed by atoms with Crippen LogP contribution in [0.4, 0.5) is 0 Å². The van der Waals surface area contributed by atoms with Gasteiger partial charge in [-0.3, -0.25) is 0 Å². The molecule has 4 aliphatic heterocycles. The summed E-state index contributed by atoms with van der Waals surface area (Å²) in [6, 6.07) is 2.71. The van der Waals surface area contributed by atoms with Crippen molar-refractivity contribution in [2.75, 3.05) is 26.7 Å². The minimum Gasteiger partial charge on any atom is -0.420 e. The lowest BCUT2D eigenvalue weighted by Gasteiger charge is -2.37. The molecule has 19 heteroatoms. The molecule has 4 aliphatic rings. The molecule has 0 amide bonds. The zero-order chi connectivity index (χ0) is 39.7.